The average molecular weight is 353 g/mol. The van der Waals surface area contributed by atoms with Gasteiger partial charge in [0.2, 0.25) is 5.91 Å². The summed E-state index contributed by atoms with van der Waals surface area (Å²) in [6.07, 6.45) is 3.97. The number of nitrogens with one attached hydrogen (secondary N) is 3. The number of para-hydroxylation sites is 1. The van der Waals surface area contributed by atoms with Crippen LogP contribution in [0.25, 0.3) is 11.2 Å². The highest BCUT2D eigenvalue weighted by Crippen LogP contribution is 2.33. The van der Waals surface area contributed by atoms with E-state index in [1.54, 1.807) is 11.8 Å². The summed E-state index contributed by atoms with van der Waals surface area (Å²) in [6.45, 7) is 1.89. The smallest absolute Gasteiger partial charge is 0.228 e. The van der Waals surface area contributed by atoms with E-state index in [1.165, 1.54) is 0 Å². The molecule has 6 nitrogen and oxygen atoms in total. The van der Waals surface area contributed by atoms with Crippen LogP contribution < -0.4 is 10.6 Å². The summed E-state index contributed by atoms with van der Waals surface area (Å²) in [7, 11) is 0. The Morgan fingerprint density at radius 1 is 1.24 bits per heavy atom. The van der Waals surface area contributed by atoms with Crippen LogP contribution in [0.1, 0.15) is 18.7 Å². The fourth-order valence-corrected chi connectivity index (χ4v) is 3.29. The fourth-order valence-electron chi connectivity index (χ4n) is 2.73. The second-order valence-corrected chi connectivity index (χ2v) is 7.01. The van der Waals surface area contributed by atoms with Crippen molar-refractivity contribution in [1.29, 1.82) is 0 Å². The zero-order valence-electron chi connectivity index (χ0n) is 14.1. The number of amides is 1. The summed E-state index contributed by atoms with van der Waals surface area (Å²) < 4.78 is 0. The molecule has 7 heteroatoms. The van der Waals surface area contributed by atoms with Gasteiger partial charge in [0.05, 0.1) is 11.4 Å². The lowest BCUT2D eigenvalue weighted by molar-refractivity contribution is -0.117. The van der Waals surface area contributed by atoms with Gasteiger partial charge in [-0.25, -0.2) is 9.97 Å². The Labute approximate surface area is 149 Å². The Hall–Kier alpha value is -2.54. The Kier molecular flexibility index (Phi) is 4.09. The van der Waals surface area contributed by atoms with Crippen LogP contribution in [0.2, 0.25) is 0 Å². The molecule has 128 valence electrons. The number of rotatable bonds is 5. The Morgan fingerprint density at radius 2 is 2.04 bits per heavy atom. The van der Waals surface area contributed by atoms with E-state index >= 15 is 0 Å². The predicted octanol–water partition coefficient (Wildman–Crippen LogP) is 4.08. The van der Waals surface area contributed by atoms with E-state index in [9.17, 15) is 4.79 Å². The molecule has 2 heterocycles. The maximum Gasteiger partial charge on any atom is 0.228 e. The molecular weight excluding hydrogens is 334 g/mol. The van der Waals surface area contributed by atoms with Gasteiger partial charge in [0.25, 0.3) is 0 Å². The Morgan fingerprint density at radius 3 is 2.80 bits per heavy atom. The van der Waals surface area contributed by atoms with E-state index in [2.05, 4.69) is 31.7 Å². The molecule has 0 aliphatic heterocycles. The lowest BCUT2D eigenvalue weighted by Crippen LogP contribution is -2.14. The van der Waals surface area contributed by atoms with Crippen LogP contribution in [0, 0.1) is 12.8 Å². The number of hydrogen-bond acceptors (Lipinski definition) is 5. The number of anilines is 3. The molecule has 1 saturated carbocycles. The van der Waals surface area contributed by atoms with Crippen LogP contribution in [-0.2, 0) is 4.79 Å². The standard InChI is InChI=1S/C18H19N5OS/c1-10-19-16-13(21-12-5-3-4-6-14(12)25-2)9-15(22-17(16)20-10)23-18(24)11-7-8-11/h3-6,9,11H,7-8H2,1-2H3,(H3,19,20,21,22,23,24). The molecule has 1 aliphatic carbocycles. The fraction of sp³-hybridized carbons (Fsp3) is 0.278. The minimum atomic E-state index is 0.0403. The number of H-pyrrole nitrogens is 1. The van der Waals surface area contributed by atoms with Crippen molar-refractivity contribution in [3.05, 3.63) is 36.2 Å². The van der Waals surface area contributed by atoms with Crippen LogP contribution in [0.5, 0.6) is 0 Å². The summed E-state index contributed by atoms with van der Waals surface area (Å²) in [5, 5.41) is 6.36. The van der Waals surface area contributed by atoms with Crippen molar-refractivity contribution in [2.45, 2.75) is 24.7 Å². The van der Waals surface area contributed by atoms with Crippen LogP contribution in [-0.4, -0.2) is 27.1 Å². The number of aryl methyl sites for hydroxylation is 1. The molecule has 0 bridgehead atoms. The van der Waals surface area contributed by atoms with Crippen LogP contribution in [0.15, 0.2) is 35.2 Å². The summed E-state index contributed by atoms with van der Waals surface area (Å²) in [5.74, 6) is 1.50. The molecule has 4 rings (SSSR count). The lowest BCUT2D eigenvalue weighted by Gasteiger charge is -2.12. The molecule has 25 heavy (non-hydrogen) atoms. The first-order valence-corrected chi connectivity index (χ1v) is 9.45. The van der Waals surface area contributed by atoms with Crippen molar-refractivity contribution in [2.75, 3.05) is 16.9 Å². The van der Waals surface area contributed by atoms with Crippen molar-refractivity contribution in [3.8, 4) is 0 Å². The third-order valence-corrected chi connectivity index (χ3v) is 4.94. The van der Waals surface area contributed by atoms with E-state index in [4.69, 9.17) is 0 Å². The maximum absolute atomic E-state index is 12.1. The number of carbonyl (C=O) groups is 1. The van der Waals surface area contributed by atoms with Crippen LogP contribution in [0.3, 0.4) is 0 Å². The maximum atomic E-state index is 12.1. The van der Waals surface area contributed by atoms with Crippen molar-refractivity contribution in [3.63, 3.8) is 0 Å². The van der Waals surface area contributed by atoms with E-state index in [-0.39, 0.29) is 11.8 Å². The number of benzene rings is 1. The summed E-state index contributed by atoms with van der Waals surface area (Å²) in [6, 6.07) is 9.95. The SMILES string of the molecule is CSc1ccccc1Nc1cc(NC(=O)C2CC2)nc2[nH]c(C)nc12. The van der Waals surface area contributed by atoms with Gasteiger partial charge in [0.1, 0.15) is 17.2 Å². The zero-order chi connectivity index (χ0) is 17.4. The Balaban J connectivity index is 1.73. The van der Waals surface area contributed by atoms with Gasteiger partial charge >= 0.3 is 0 Å². The number of thioether (sulfide) groups is 1. The molecule has 0 unspecified atom stereocenters. The number of aromatic nitrogens is 3. The number of carbonyl (C=O) groups excluding carboxylic acids is 1. The summed E-state index contributed by atoms with van der Waals surface area (Å²) in [4.78, 5) is 25.4. The van der Waals surface area contributed by atoms with Gasteiger partial charge in [-0.3, -0.25) is 4.79 Å². The van der Waals surface area contributed by atoms with E-state index in [0.717, 1.165) is 40.5 Å². The van der Waals surface area contributed by atoms with Gasteiger partial charge in [-0.2, -0.15) is 0 Å². The molecule has 0 saturated heterocycles. The summed E-state index contributed by atoms with van der Waals surface area (Å²) >= 11 is 1.68. The number of fused-ring (bicyclic) bond motifs is 1. The average Bonchev–Trinajstić information content (AvgIpc) is 3.38. The monoisotopic (exact) mass is 353 g/mol. The highest BCUT2D eigenvalue weighted by molar-refractivity contribution is 7.98. The van der Waals surface area contributed by atoms with Crippen molar-refractivity contribution < 1.29 is 4.79 Å². The molecule has 2 aromatic heterocycles. The number of aromatic amines is 1. The quantitative estimate of drug-likeness (QED) is 0.602. The molecule has 1 aliphatic rings. The first-order chi connectivity index (χ1) is 12.1. The van der Waals surface area contributed by atoms with Gasteiger partial charge in [-0.1, -0.05) is 12.1 Å². The van der Waals surface area contributed by atoms with Crippen LogP contribution >= 0.6 is 11.8 Å². The number of nitrogens with zero attached hydrogens (tertiary/aromatic N) is 2. The molecule has 3 N–H and O–H groups in total. The second-order valence-electron chi connectivity index (χ2n) is 6.16. The van der Waals surface area contributed by atoms with Crippen molar-refractivity contribution in [2.24, 2.45) is 5.92 Å². The minimum absolute atomic E-state index is 0.0403. The predicted molar refractivity (Wildman–Crippen MR) is 101 cm³/mol. The molecule has 0 spiro atoms. The molecule has 0 radical (unpaired) electrons. The van der Waals surface area contributed by atoms with E-state index < -0.39 is 0 Å². The third-order valence-electron chi connectivity index (χ3n) is 4.15. The van der Waals surface area contributed by atoms with E-state index in [0.29, 0.717) is 11.5 Å². The number of imidazole rings is 1. The van der Waals surface area contributed by atoms with Gasteiger partial charge in [0.15, 0.2) is 5.65 Å². The van der Waals surface area contributed by atoms with Gasteiger partial charge < -0.3 is 15.6 Å². The second kappa shape index (κ2) is 6.40. The summed E-state index contributed by atoms with van der Waals surface area (Å²) in [5.41, 5.74) is 3.25. The Bertz CT molecular complexity index is 948. The largest absolute Gasteiger partial charge is 0.353 e. The van der Waals surface area contributed by atoms with Crippen LogP contribution in [0.4, 0.5) is 17.2 Å². The van der Waals surface area contributed by atoms with Crippen molar-refractivity contribution in [1.82, 2.24) is 15.0 Å². The highest BCUT2D eigenvalue weighted by Gasteiger charge is 2.30. The highest BCUT2D eigenvalue weighted by atomic mass is 32.2. The molecule has 1 fully saturated rings. The number of hydrogen-bond donors (Lipinski definition) is 3. The zero-order valence-corrected chi connectivity index (χ0v) is 14.9. The van der Waals surface area contributed by atoms with Gasteiger partial charge in [-0.15, -0.1) is 11.8 Å². The molecular formula is C18H19N5OS. The molecule has 1 amide bonds. The third kappa shape index (κ3) is 3.32. The molecule has 0 atom stereocenters. The first kappa shape index (κ1) is 16.0. The first-order valence-electron chi connectivity index (χ1n) is 8.22. The van der Waals surface area contributed by atoms with Gasteiger partial charge in [0, 0.05) is 16.9 Å². The van der Waals surface area contributed by atoms with Gasteiger partial charge in [-0.05, 0) is 38.2 Å². The lowest BCUT2D eigenvalue weighted by atomic mass is 10.2. The minimum Gasteiger partial charge on any atom is -0.353 e. The molecule has 1 aromatic carbocycles. The van der Waals surface area contributed by atoms with Crippen molar-refractivity contribution >= 4 is 46.0 Å². The number of pyridine rings is 1. The molecule has 3 aromatic rings. The topological polar surface area (TPSA) is 82.7 Å². The normalized spacial score (nSPS) is 13.8. The van der Waals surface area contributed by atoms with E-state index in [1.807, 2.05) is 37.4 Å².